The van der Waals surface area contributed by atoms with Gasteiger partial charge in [-0.05, 0) is 31.1 Å². The highest BCUT2D eigenvalue weighted by atomic mass is 16.6. The minimum atomic E-state index is -0.804. The second-order valence-electron chi connectivity index (χ2n) is 8.13. The van der Waals surface area contributed by atoms with Gasteiger partial charge >= 0.3 is 17.9 Å². The first-order valence-corrected chi connectivity index (χ1v) is 10.7. The van der Waals surface area contributed by atoms with Gasteiger partial charge in [0.15, 0.2) is 0 Å². The molecule has 0 fully saturated rings. The first kappa shape index (κ1) is 29.4. The molecule has 0 aliphatic carbocycles. The van der Waals surface area contributed by atoms with Crippen molar-refractivity contribution in [2.45, 2.75) is 59.3 Å². The van der Waals surface area contributed by atoms with Gasteiger partial charge in [0.05, 0.1) is 33.2 Å². The Hall–Kier alpha value is -2.65. The maximum absolute atomic E-state index is 12.2. The Kier molecular flexibility index (Phi) is 15.6. The highest BCUT2D eigenvalue weighted by molar-refractivity contribution is 5.77. The third-order valence-corrected chi connectivity index (χ3v) is 4.75. The molecule has 0 saturated heterocycles. The fourth-order valence-electron chi connectivity index (χ4n) is 3.49. The second kappa shape index (κ2) is 17.0. The van der Waals surface area contributed by atoms with Gasteiger partial charge in [0.1, 0.15) is 13.2 Å². The van der Waals surface area contributed by atoms with Crippen molar-refractivity contribution in [3.63, 3.8) is 0 Å². The largest absolute Gasteiger partial charge is 0.469 e. The molecule has 0 aromatic heterocycles. The summed E-state index contributed by atoms with van der Waals surface area (Å²) in [5, 5.41) is 0. The fraction of sp³-hybridized carbons (Fsp3) is 0.773. The van der Waals surface area contributed by atoms with Crippen molar-refractivity contribution >= 4 is 30.9 Å². The number of rotatable bonds is 19. The number of carbonyl (C=O) groups is 5. The number of hydrogen-bond acceptors (Lipinski definition) is 10. The van der Waals surface area contributed by atoms with E-state index in [-0.39, 0.29) is 63.5 Å². The summed E-state index contributed by atoms with van der Waals surface area (Å²) in [5.74, 6) is -1.74. The second-order valence-corrected chi connectivity index (χ2v) is 8.13. The van der Waals surface area contributed by atoms with Gasteiger partial charge in [-0.25, -0.2) is 0 Å². The van der Waals surface area contributed by atoms with E-state index < -0.39 is 17.4 Å². The molecule has 0 radical (unpaired) electrons. The van der Waals surface area contributed by atoms with Crippen LogP contribution in [0, 0.1) is 17.3 Å². The Morgan fingerprint density at radius 2 is 1.22 bits per heavy atom. The van der Waals surface area contributed by atoms with Crippen molar-refractivity contribution in [3.8, 4) is 0 Å². The first-order chi connectivity index (χ1) is 15.2. The van der Waals surface area contributed by atoms with Crippen LogP contribution < -0.4 is 0 Å². The van der Waals surface area contributed by atoms with Gasteiger partial charge in [0, 0.05) is 11.8 Å². The monoisotopic (exact) mass is 460 g/mol. The summed E-state index contributed by atoms with van der Waals surface area (Å²) >= 11 is 0. The third kappa shape index (κ3) is 13.6. The van der Waals surface area contributed by atoms with Crippen molar-refractivity contribution in [1.29, 1.82) is 0 Å². The minimum Gasteiger partial charge on any atom is -0.469 e. The van der Waals surface area contributed by atoms with E-state index in [0.29, 0.717) is 32.2 Å². The molecule has 10 nitrogen and oxygen atoms in total. The van der Waals surface area contributed by atoms with E-state index in [9.17, 15) is 24.0 Å². The number of esters is 3. The molecule has 0 N–H and O–H groups in total. The van der Waals surface area contributed by atoms with Gasteiger partial charge < -0.3 is 23.7 Å². The topological polar surface area (TPSA) is 132 Å². The van der Waals surface area contributed by atoms with Crippen LogP contribution in [0.1, 0.15) is 59.3 Å². The van der Waals surface area contributed by atoms with Crippen LogP contribution >= 0.6 is 0 Å². The maximum Gasteiger partial charge on any atom is 0.306 e. The zero-order chi connectivity index (χ0) is 24.4. The highest BCUT2D eigenvalue weighted by Gasteiger charge is 2.37. The first-order valence-electron chi connectivity index (χ1n) is 10.7. The standard InChI is InChI=1S/C22H36O10/c1-5-6-20(26)31-13-22(9-17(2)11-29-15-23,10-18(3)12-30-16-24)14-32-21(27)8-7-19(25)28-4/h15-18H,5-14H2,1-4H3. The van der Waals surface area contributed by atoms with E-state index in [4.69, 9.17) is 18.9 Å². The molecule has 0 aliphatic heterocycles. The summed E-state index contributed by atoms with van der Waals surface area (Å²) in [7, 11) is 1.23. The summed E-state index contributed by atoms with van der Waals surface area (Å²) < 4.78 is 25.2. The Bertz CT molecular complexity index is 569. The molecule has 0 saturated carbocycles. The average molecular weight is 461 g/mol. The third-order valence-electron chi connectivity index (χ3n) is 4.75. The molecule has 2 atom stereocenters. The van der Waals surface area contributed by atoms with Gasteiger partial charge in [-0.15, -0.1) is 0 Å². The van der Waals surface area contributed by atoms with Crippen LogP contribution in [0.4, 0.5) is 0 Å². The Balaban J connectivity index is 5.50. The van der Waals surface area contributed by atoms with Crippen LogP contribution in [-0.2, 0) is 47.7 Å². The molecule has 0 spiro atoms. The average Bonchev–Trinajstić information content (AvgIpc) is 2.77. The highest BCUT2D eigenvalue weighted by Crippen LogP contribution is 2.35. The Morgan fingerprint density at radius 3 is 1.62 bits per heavy atom. The summed E-state index contributed by atoms with van der Waals surface area (Å²) in [6, 6.07) is 0. The van der Waals surface area contributed by atoms with E-state index >= 15 is 0 Å². The summed E-state index contributed by atoms with van der Waals surface area (Å²) in [6.07, 6.45) is 1.45. The predicted molar refractivity (Wildman–Crippen MR) is 112 cm³/mol. The quantitative estimate of drug-likeness (QED) is 0.160. The Labute approximate surface area is 189 Å². The lowest BCUT2D eigenvalue weighted by atomic mass is 9.75. The molecular formula is C22H36O10. The van der Waals surface area contributed by atoms with Crippen molar-refractivity contribution in [2.75, 3.05) is 33.5 Å². The minimum absolute atomic E-state index is 0.0209. The molecule has 0 bridgehead atoms. The van der Waals surface area contributed by atoms with Crippen molar-refractivity contribution in [2.24, 2.45) is 17.3 Å². The van der Waals surface area contributed by atoms with E-state index in [1.54, 1.807) is 0 Å². The summed E-state index contributed by atoms with van der Waals surface area (Å²) in [4.78, 5) is 56.6. The lowest BCUT2D eigenvalue weighted by molar-refractivity contribution is -0.158. The van der Waals surface area contributed by atoms with E-state index in [1.807, 2.05) is 20.8 Å². The van der Waals surface area contributed by atoms with Gasteiger partial charge in [-0.1, -0.05) is 20.8 Å². The number of carbonyl (C=O) groups excluding carboxylic acids is 5. The number of methoxy groups -OCH3 is 1. The van der Waals surface area contributed by atoms with Crippen LogP contribution in [0.25, 0.3) is 0 Å². The van der Waals surface area contributed by atoms with Gasteiger partial charge in [-0.2, -0.15) is 0 Å². The molecule has 0 aromatic rings. The molecule has 0 aliphatic rings. The van der Waals surface area contributed by atoms with Crippen LogP contribution in [0.2, 0.25) is 0 Å². The molecular weight excluding hydrogens is 424 g/mol. The SMILES string of the molecule is CCCC(=O)OCC(COC(=O)CCC(=O)OC)(CC(C)COC=O)CC(C)COC=O. The zero-order valence-corrected chi connectivity index (χ0v) is 19.5. The van der Waals surface area contributed by atoms with Crippen molar-refractivity contribution in [1.82, 2.24) is 0 Å². The zero-order valence-electron chi connectivity index (χ0n) is 19.5. The molecule has 184 valence electrons. The molecule has 32 heavy (non-hydrogen) atoms. The van der Waals surface area contributed by atoms with Crippen molar-refractivity contribution in [3.05, 3.63) is 0 Å². The van der Waals surface area contributed by atoms with Gasteiger partial charge in [-0.3, -0.25) is 24.0 Å². The van der Waals surface area contributed by atoms with Gasteiger partial charge in [0.25, 0.3) is 12.9 Å². The number of ether oxygens (including phenoxy) is 5. The van der Waals surface area contributed by atoms with Gasteiger partial charge in [0.2, 0.25) is 0 Å². The van der Waals surface area contributed by atoms with Crippen LogP contribution in [-0.4, -0.2) is 64.4 Å². The molecule has 10 heteroatoms. The van der Waals surface area contributed by atoms with Crippen LogP contribution in [0.3, 0.4) is 0 Å². The normalized spacial score (nSPS) is 14.2. The van der Waals surface area contributed by atoms with Crippen LogP contribution in [0.15, 0.2) is 0 Å². The van der Waals surface area contributed by atoms with E-state index in [2.05, 4.69) is 4.74 Å². The lowest BCUT2D eigenvalue weighted by Gasteiger charge is -2.36. The number of hydrogen-bond donors (Lipinski definition) is 0. The molecule has 0 amide bonds. The fourth-order valence-corrected chi connectivity index (χ4v) is 3.49. The predicted octanol–water partition coefficient (Wildman–Crippen LogP) is 2.21. The summed E-state index contributed by atoms with van der Waals surface area (Å²) in [6.45, 7) is 6.47. The molecule has 0 aromatic carbocycles. The van der Waals surface area contributed by atoms with Crippen LogP contribution in [0.5, 0.6) is 0 Å². The van der Waals surface area contributed by atoms with E-state index in [1.165, 1.54) is 7.11 Å². The smallest absolute Gasteiger partial charge is 0.306 e. The maximum atomic E-state index is 12.2. The lowest BCUT2D eigenvalue weighted by Crippen LogP contribution is -2.39. The van der Waals surface area contributed by atoms with Crippen molar-refractivity contribution < 1.29 is 47.7 Å². The molecule has 0 heterocycles. The summed E-state index contributed by atoms with van der Waals surface area (Å²) in [5.41, 5.74) is -0.804. The molecule has 2 unspecified atom stereocenters. The molecule has 0 rings (SSSR count). The Morgan fingerprint density at radius 1 is 0.781 bits per heavy atom. The van der Waals surface area contributed by atoms with E-state index in [0.717, 1.165) is 0 Å².